The number of hydrogen-bond acceptors (Lipinski definition) is 9. The maximum Gasteiger partial charge on any atom is 0.225 e. The van der Waals surface area contributed by atoms with E-state index in [0.29, 0.717) is 42.0 Å². The van der Waals surface area contributed by atoms with Crippen LogP contribution in [0.25, 0.3) is 0 Å². The molecule has 1 amide bonds. The summed E-state index contributed by atoms with van der Waals surface area (Å²) < 4.78 is 30.3. The van der Waals surface area contributed by atoms with Gasteiger partial charge in [0.2, 0.25) is 5.91 Å². The molecule has 0 fully saturated rings. The van der Waals surface area contributed by atoms with Crippen LogP contribution in [0.2, 0.25) is 0 Å². The van der Waals surface area contributed by atoms with Gasteiger partial charge in [0.25, 0.3) is 0 Å². The second-order valence-corrected chi connectivity index (χ2v) is 14.5. The average Bonchev–Trinajstić information content (AvgIpc) is 3.72. The summed E-state index contributed by atoms with van der Waals surface area (Å²) in [5.41, 5.74) is 10.6. The zero-order chi connectivity index (χ0) is 34.4. The smallest absolute Gasteiger partial charge is 0.225 e. The number of carbonyl (C=O) groups is 2. The van der Waals surface area contributed by atoms with Crippen molar-refractivity contribution < 1.29 is 18.0 Å². The van der Waals surface area contributed by atoms with Crippen molar-refractivity contribution in [2.45, 2.75) is 50.6 Å². The number of ketones is 1. The molecule has 14 heteroatoms. The lowest BCUT2D eigenvalue weighted by atomic mass is 9.98. The summed E-state index contributed by atoms with van der Waals surface area (Å²) in [6, 6.07) is 22.9. The number of amides is 1. The monoisotopic (exact) mass is 679 g/mol. The van der Waals surface area contributed by atoms with Crippen LogP contribution in [0.15, 0.2) is 91.3 Å². The molecule has 13 nitrogen and oxygen atoms in total. The van der Waals surface area contributed by atoms with Crippen molar-refractivity contribution in [3.05, 3.63) is 130 Å². The van der Waals surface area contributed by atoms with Crippen molar-refractivity contribution in [3.63, 3.8) is 0 Å². The molecule has 4 N–H and O–H groups in total. The van der Waals surface area contributed by atoms with Gasteiger partial charge in [-0.1, -0.05) is 89.3 Å². The Balaban J connectivity index is 1.29. The van der Waals surface area contributed by atoms with Gasteiger partial charge in [-0.2, -0.15) is 0 Å². The summed E-state index contributed by atoms with van der Waals surface area (Å²) in [7, 11) is -3.75. The van der Waals surface area contributed by atoms with Gasteiger partial charge in [-0.15, -0.1) is 10.2 Å². The molecule has 3 aromatic carbocycles. The maximum atomic E-state index is 14.0. The largest absolute Gasteiger partial charge is 0.384 e. The molecule has 0 aliphatic carbocycles. The average molecular weight is 680 g/mol. The topological polar surface area (TPSA) is 192 Å². The Bertz CT molecular complexity index is 2040. The van der Waals surface area contributed by atoms with Crippen molar-refractivity contribution in [2.75, 3.05) is 5.75 Å². The molecule has 49 heavy (non-hydrogen) atoms. The third kappa shape index (κ3) is 9.11. The first-order valence-corrected chi connectivity index (χ1v) is 17.8. The number of nitrogens with one attached hydrogen (secondary N) is 2. The highest BCUT2D eigenvalue weighted by Crippen LogP contribution is 2.17. The minimum atomic E-state index is -3.75. The number of fused-ring (bicyclic) bond motifs is 7. The number of aryl methyl sites for hydroxylation is 1. The molecule has 5 aromatic rings. The van der Waals surface area contributed by atoms with Crippen molar-refractivity contribution in [1.29, 1.82) is 5.41 Å². The first-order valence-electron chi connectivity index (χ1n) is 16.0. The lowest BCUT2D eigenvalue weighted by Crippen LogP contribution is -2.47. The van der Waals surface area contributed by atoms with Crippen LogP contribution >= 0.6 is 0 Å². The number of Topliss-reactive ketones (excluding diaryl/α,β-unsaturated/α-hetero) is 1. The zero-order valence-corrected chi connectivity index (χ0v) is 27.6. The Kier molecular flexibility index (Phi) is 10.0. The van der Waals surface area contributed by atoms with Crippen LogP contribution in [0, 0.1) is 11.3 Å². The predicted molar refractivity (Wildman–Crippen MR) is 182 cm³/mol. The molecule has 0 unspecified atom stereocenters. The maximum absolute atomic E-state index is 14.0. The molecule has 2 atom stereocenters. The molecular weight excluding hydrogens is 643 g/mol. The van der Waals surface area contributed by atoms with Crippen molar-refractivity contribution in [3.8, 4) is 0 Å². The van der Waals surface area contributed by atoms with Gasteiger partial charge in [-0.05, 0) is 28.7 Å². The van der Waals surface area contributed by atoms with Crippen LogP contribution in [0.4, 0.5) is 0 Å². The van der Waals surface area contributed by atoms with Gasteiger partial charge in [-0.25, -0.2) is 17.8 Å². The van der Waals surface area contributed by atoms with Crippen molar-refractivity contribution in [1.82, 2.24) is 35.3 Å². The quantitative estimate of drug-likeness (QED) is 0.155. The summed E-state index contributed by atoms with van der Waals surface area (Å²) in [4.78, 5) is 27.8. The van der Waals surface area contributed by atoms with E-state index in [1.807, 2.05) is 42.5 Å². The molecule has 0 spiro atoms. The minimum Gasteiger partial charge on any atom is -0.384 e. The third-order valence-corrected chi connectivity index (χ3v) is 10.1. The number of hydrogen-bond donors (Lipinski definition) is 3. The van der Waals surface area contributed by atoms with Gasteiger partial charge in [-0.3, -0.25) is 15.0 Å². The molecule has 0 saturated carbocycles. The highest BCUT2D eigenvalue weighted by molar-refractivity contribution is 7.90. The predicted octanol–water partition coefficient (Wildman–Crippen LogP) is 2.27. The first-order chi connectivity index (χ1) is 23.6. The van der Waals surface area contributed by atoms with E-state index >= 15 is 0 Å². The van der Waals surface area contributed by atoms with E-state index in [2.05, 4.69) is 25.9 Å². The number of carbonyl (C=O) groups excluding carboxylic acids is 2. The van der Waals surface area contributed by atoms with Crippen LogP contribution in [0.1, 0.15) is 45.6 Å². The molecule has 2 aromatic heterocycles. The molecule has 4 heterocycles. The number of amidine groups is 1. The summed E-state index contributed by atoms with van der Waals surface area (Å²) in [6.07, 6.45) is 4.06. The fraction of sp³-hybridized carbons (Fsp3) is 0.286. The number of aromatic nitrogens is 6. The van der Waals surface area contributed by atoms with Gasteiger partial charge in [0.1, 0.15) is 5.84 Å². The van der Waals surface area contributed by atoms with Crippen molar-refractivity contribution in [2.24, 2.45) is 11.7 Å². The molecule has 0 saturated heterocycles. The molecule has 2 aliphatic rings. The SMILES string of the molecule is N=C(N)c1ccc(CCC(=O)[C@@H]2Cc3cn(nn3)Cc3ccc(cc3)Cn3cc(nn3)C[C@@H](CS(=O)(=O)Cc3ccccc3)C(=O)N2)cc1. The van der Waals surface area contributed by atoms with Crippen LogP contribution in [-0.2, 0) is 57.5 Å². The number of nitrogens with zero attached hydrogens (tertiary/aromatic N) is 6. The fourth-order valence-corrected chi connectivity index (χ4v) is 7.55. The van der Waals surface area contributed by atoms with E-state index in [9.17, 15) is 18.0 Å². The Morgan fingerprint density at radius 2 is 1.43 bits per heavy atom. The molecule has 252 valence electrons. The van der Waals surface area contributed by atoms with Crippen molar-refractivity contribution >= 4 is 27.4 Å². The Morgan fingerprint density at radius 3 is 2.02 bits per heavy atom. The highest BCUT2D eigenvalue weighted by atomic mass is 32.2. The van der Waals surface area contributed by atoms with E-state index in [-0.39, 0.29) is 36.6 Å². The number of benzene rings is 3. The molecular formula is C35H37N9O4S. The fourth-order valence-electron chi connectivity index (χ4n) is 5.85. The van der Waals surface area contributed by atoms with Crippen LogP contribution in [-0.4, -0.2) is 67.7 Å². The van der Waals surface area contributed by atoms with E-state index in [1.54, 1.807) is 58.2 Å². The van der Waals surface area contributed by atoms with E-state index in [0.717, 1.165) is 16.7 Å². The van der Waals surface area contributed by atoms with Crippen LogP contribution in [0.5, 0.6) is 0 Å². The number of nitrogens with two attached hydrogens (primary N) is 1. The third-order valence-electron chi connectivity index (χ3n) is 8.44. The Morgan fingerprint density at radius 1 is 0.837 bits per heavy atom. The summed E-state index contributed by atoms with van der Waals surface area (Å²) in [6.45, 7) is 0.904. The van der Waals surface area contributed by atoms with Gasteiger partial charge < -0.3 is 11.1 Å². The summed E-state index contributed by atoms with van der Waals surface area (Å²) in [5.74, 6) is -2.56. The van der Waals surface area contributed by atoms with Gasteiger partial charge >= 0.3 is 0 Å². The van der Waals surface area contributed by atoms with Crippen LogP contribution in [0.3, 0.4) is 0 Å². The number of nitrogen functional groups attached to an aromatic ring is 1. The number of rotatable bonds is 9. The first kappa shape index (κ1) is 33.4. The van der Waals surface area contributed by atoms with Gasteiger partial charge in [0, 0.05) is 37.2 Å². The highest BCUT2D eigenvalue weighted by Gasteiger charge is 2.31. The minimum absolute atomic E-state index is 0.0123. The second-order valence-electron chi connectivity index (χ2n) is 12.4. The molecule has 2 aliphatic heterocycles. The van der Waals surface area contributed by atoms with Gasteiger partial charge in [0.05, 0.1) is 47.9 Å². The second kappa shape index (κ2) is 14.7. The van der Waals surface area contributed by atoms with Gasteiger partial charge in [0.15, 0.2) is 15.6 Å². The standard InChI is InChI=1S/C35H37N9O4S/c36-34(37)28-13-10-24(11-14-28)12-15-33(45)32-17-31-21-44(42-40-31)19-26-8-6-25(7-9-26)18-43-20-30(39-41-43)16-29(35(46)38-32)23-49(47,48)22-27-4-2-1-3-5-27/h1-11,13-14,20-21,29,32H,12,15-19,22-23H2,(H3,36,37)(H,38,46)/t29-,32-/m0/s1. The van der Waals surface area contributed by atoms with Crippen LogP contribution < -0.4 is 11.1 Å². The Labute approximate surface area is 284 Å². The van der Waals surface area contributed by atoms with E-state index < -0.39 is 33.5 Å². The summed E-state index contributed by atoms with van der Waals surface area (Å²) >= 11 is 0. The van der Waals surface area contributed by atoms with E-state index in [1.165, 1.54) is 0 Å². The lowest BCUT2D eigenvalue weighted by molar-refractivity contribution is -0.129. The molecule has 7 rings (SSSR count). The normalized spacial score (nSPS) is 16.8. The zero-order valence-electron chi connectivity index (χ0n) is 26.8. The van der Waals surface area contributed by atoms with E-state index in [4.69, 9.17) is 11.1 Å². The number of sulfone groups is 1. The molecule has 0 radical (unpaired) electrons. The molecule has 6 bridgehead atoms. The Hall–Kier alpha value is -5.50. The lowest BCUT2D eigenvalue weighted by Gasteiger charge is -2.21. The summed E-state index contributed by atoms with van der Waals surface area (Å²) in [5, 5.41) is 27.5.